The van der Waals surface area contributed by atoms with E-state index < -0.39 is 16.7 Å². The molecule has 160 valence electrons. The second kappa shape index (κ2) is 8.54. The number of hydrogen-bond donors (Lipinski definition) is 3. The molecule has 0 aliphatic rings. The topological polar surface area (TPSA) is 93.2 Å². The van der Waals surface area contributed by atoms with Crippen molar-refractivity contribution >= 4 is 33.4 Å². The average Bonchev–Trinajstić information content (AvgIpc) is 3.22. The summed E-state index contributed by atoms with van der Waals surface area (Å²) >= 11 is 6.12. The number of nitrogens with one attached hydrogen (secondary N) is 2. The number of hydrogen-bond acceptors (Lipinski definition) is 4. The van der Waals surface area contributed by atoms with Gasteiger partial charge < -0.3 is 14.3 Å². The lowest BCUT2D eigenvalue weighted by molar-refractivity contribution is 0.482. The van der Waals surface area contributed by atoms with Crippen LogP contribution in [0.5, 0.6) is 11.5 Å². The molecule has 0 amide bonds. The fourth-order valence-corrected chi connectivity index (χ4v) is 3.82. The maximum atomic E-state index is 13.4. The zero-order valence-corrected chi connectivity index (χ0v) is 17.8. The van der Waals surface area contributed by atoms with Crippen molar-refractivity contribution in [3.8, 4) is 22.6 Å². The van der Waals surface area contributed by atoms with Crippen LogP contribution in [-0.2, 0) is 24.5 Å². The molecule has 4 aromatic rings. The van der Waals surface area contributed by atoms with Crippen LogP contribution in [0.25, 0.3) is 22.0 Å². The van der Waals surface area contributed by atoms with E-state index in [0.29, 0.717) is 33.3 Å². The number of thiol groups is 1. The van der Waals surface area contributed by atoms with Gasteiger partial charge in [0.15, 0.2) is 0 Å². The molecule has 0 radical (unpaired) electrons. The van der Waals surface area contributed by atoms with E-state index in [2.05, 4.69) is 9.71 Å². The van der Waals surface area contributed by atoms with Crippen molar-refractivity contribution in [3.05, 3.63) is 81.6 Å². The first-order chi connectivity index (χ1) is 14.8. The minimum Gasteiger partial charge on any atom is -0.455 e. The van der Waals surface area contributed by atoms with Crippen LogP contribution < -0.4 is 15.0 Å². The highest BCUT2D eigenvalue weighted by molar-refractivity contribution is 7.70. The number of halogens is 2. The highest BCUT2D eigenvalue weighted by Crippen LogP contribution is 2.39. The van der Waals surface area contributed by atoms with Crippen LogP contribution in [0.1, 0.15) is 5.56 Å². The minimum absolute atomic E-state index is 0.0886. The summed E-state index contributed by atoms with van der Waals surface area (Å²) in [5.74, 6) is 0.177. The third-order valence-corrected chi connectivity index (χ3v) is 5.47. The molecule has 0 unspecified atom stereocenters. The summed E-state index contributed by atoms with van der Waals surface area (Å²) in [6.07, 6.45) is 3.35. The van der Waals surface area contributed by atoms with Crippen LogP contribution in [0.15, 0.2) is 59.7 Å². The Morgan fingerprint density at radius 3 is 2.65 bits per heavy atom. The van der Waals surface area contributed by atoms with Crippen molar-refractivity contribution in [1.82, 2.24) is 14.3 Å². The fourth-order valence-electron chi connectivity index (χ4n) is 3.30. The van der Waals surface area contributed by atoms with Gasteiger partial charge in [0.1, 0.15) is 22.8 Å². The van der Waals surface area contributed by atoms with E-state index in [1.165, 1.54) is 16.7 Å². The van der Waals surface area contributed by atoms with E-state index in [-0.39, 0.29) is 22.9 Å². The Bertz CT molecular complexity index is 1420. The molecular formula is C21H17ClFN3O4S. The van der Waals surface area contributed by atoms with Crippen molar-refractivity contribution in [2.45, 2.75) is 6.54 Å². The summed E-state index contributed by atoms with van der Waals surface area (Å²) in [6.45, 7) is 0.0886. The predicted molar refractivity (Wildman–Crippen MR) is 118 cm³/mol. The second-order valence-electron chi connectivity index (χ2n) is 6.82. The Morgan fingerprint density at radius 2 is 1.90 bits per heavy atom. The number of aromatic nitrogens is 2. The van der Waals surface area contributed by atoms with Crippen LogP contribution in [0.3, 0.4) is 0 Å². The lowest BCUT2D eigenvalue weighted by Crippen LogP contribution is -2.16. The lowest BCUT2D eigenvalue weighted by atomic mass is 10.0. The molecule has 0 spiro atoms. The van der Waals surface area contributed by atoms with E-state index in [4.69, 9.17) is 16.3 Å². The molecule has 2 N–H and O–H groups in total. The van der Waals surface area contributed by atoms with Crippen LogP contribution in [-0.4, -0.2) is 18.0 Å². The van der Waals surface area contributed by atoms with Gasteiger partial charge in [-0.3, -0.25) is 4.79 Å². The molecule has 0 aliphatic heterocycles. The average molecular weight is 462 g/mol. The van der Waals surface area contributed by atoms with Crippen LogP contribution >= 0.6 is 11.6 Å². The highest BCUT2D eigenvalue weighted by Gasteiger charge is 2.16. The van der Waals surface area contributed by atoms with E-state index in [9.17, 15) is 17.6 Å². The maximum Gasteiger partial charge on any atom is 0.274 e. The number of pyridine rings is 1. The maximum absolute atomic E-state index is 13.4. The monoisotopic (exact) mass is 461 g/mol. The van der Waals surface area contributed by atoms with Crippen molar-refractivity contribution in [3.63, 3.8) is 0 Å². The van der Waals surface area contributed by atoms with Crippen molar-refractivity contribution in [1.29, 1.82) is 0 Å². The highest BCUT2D eigenvalue weighted by atomic mass is 35.5. The van der Waals surface area contributed by atoms with E-state index in [0.717, 1.165) is 6.07 Å². The lowest BCUT2D eigenvalue weighted by Gasteiger charge is -2.15. The molecule has 2 aromatic heterocycles. The fraction of sp³-hybridized carbons (Fsp3) is 0.0952. The number of benzene rings is 2. The normalized spacial score (nSPS) is 11.4. The van der Waals surface area contributed by atoms with Gasteiger partial charge in [-0.05, 0) is 42.0 Å². The summed E-state index contributed by atoms with van der Waals surface area (Å²) < 4.78 is 45.1. The summed E-state index contributed by atoms with van der Waals surface area (Å²) in [6, 6.07) is 10.7. The Balaban J connectivity index is 1.89. The first-order valence-electron chi connectivity index (χ1n) is 9.14. The van der Waals surface area contributed by atoms with Gasteiger partial charge in [-0.2, -0.15) is 0 Å². The number of fused-ring (bicyclic) bond motifs is 1. The molecule has 10 heteroatoms. The molecular weight excluding hydrogens is 445 g/mol. The van der Waals surface area contributed by atoms with Gasteiger partial charge in [-0.15, -0.1) is 0 Å². The van der Waals surface area contributed by atoms with Gasteiger partial charge in [0, 0.05) is 42.5 Å². The third-order valence-electron chi connectivity index (χ3n) is 4.75. The van der Waals surface area contributed by atoms with Gasteiger partial charge in [0.25, 0.3) is 5.56 Å². The summed E-state index contributed by atoms with van der Waals surface area (Å²) in [5, 5.41) is 0.783. The number of aryl methyl sites for hydroxylation is 1. The van der Waals surface area contributed by atoms with Gasteiger partial charge in [-0.1, -0.05) is 17.7 Å². The molecule has 0 saturated heterocycles. The van der Waals surface area contributed by atoms with Crippen LogP contribution in [0.4, 0.5) is 4.39 Å². The Morgan fingerprint density at radius 1 is 1.13 bits per heavy atom. The summed E-state index contributed by atoms with van der Waals surface area (Å²) in [4.78, 5) is 15.4. The summed E-state index contributed by atoms with van der Waals surface area (Å²) in [7, 11) is -1.12. The van der Waals surface area contributed by atoms with Gasteiger partial charge in [0.05, 0.1) is 5.02 Å². The molecule has 31 heavy (non-hydrogen) atoms. The second-order valence-corrected chi connectivity index (χ2v) is 8.06. The quantitative estimate of drug-likeness (QED) is 0.381. The Kier molecular flexibility index (Phi) is 5.81. The molecule has 7 nitrogen and oxygen atoms in total. The van der Waals surface area contributed by atoms with Crippen molar-refractivity contribution in [2.75, 3.05) is 0 Å². The molecule has 0 atom stereocenters. The molecule has 2 aromatic carbocycles. The van der Waals surface area contributed by atoms with E-state index in [1.54, 1.807) is 43.7 Å². The van der Waals surface area contributed by atoms with Gasteiger partial charge in [-0.25, -0.2) is 17.5 Å². The Labute approximate surface area is 183 Å². The molecule has 4 rings (SSSR count). The first kappa shape index (κ1) is 21.1. The smallest absolute Gasteiger partial charge is 0.274 e. The minimum atomic E-state index is -2.76. The molecule has 2 heterocycles. The van der Waals surface area contributed by atoms with E-state index in [1.807, 2.05) is 0 Å². The number of ether oxygens (including phenoxy) is 1. The zero-order chi connectivity index (χ0) is 22.1. The summed E-state index contributed by atoms with van der Waals surface area (Å²) in [5.41, 5.74) is 2.23. The first-order valence-corrected chi connectivity index (χ1v) is 10.7. The van der Waals surface area contributed by atoms with Gasteiger partial charge in [0.2, 0.25) is 10.9 Å². The largest absolute Gasteiger partial charge is 0.455 e. The van der Waals surface area contributed by atoms with E-state index >= 15 is 0 Å². The molecule has 0 fully saturated rings. The van der Waals surface area contributed by atoms with Crippen LogP contribution in [0.2, 0.25) is 5.02 Å². The Hall–Kier alpha value is -3.14. The zero-order valence-electron chi connectivity index (χ0n) is 16.2. The number of nitrogens with zero attached hydrogens (tertiary/aromatic N) is 1. The number of aromatic amines is 1. The van der Waals surface area contributed by atoms with Crippen molar-refractivity contribution < 1.29 is 17.5 Å². The predicted octanol–water partition coefficient (Wildman–Crippen LogP) is 3.73. The van der Waals surface area contributed by atoms with Crippen molar-refractivity contribution in [2.24, 2.45) is 7.05 Å². The standard InChI is InChI=1S/C21H17ClFN3O4S/c1-26-11-16(14-6-7-24-20(14)21(26)27)15-8-12(10-25-31(28)29)2-4-18(15)30-19-5-3-13(23)9-17(19)22/h2-9,11,24,31H,10H2,1H3,(H,25,28,29). The van der Waals surface area contributed by atoms with Crippen LogP contribution in [0, 0.1) is 5.82 Å². The molecule has 0 saturated carbocycles. The SMILES string of the molecule is Cn1cc(-c2cc(CN[SH](=O)=O)ccc2Oc2ccc(F)cc2Cl)c2cc[nH]c2c1=O. The number of H-pyrrole nitrogens is 1. The molecule has 0 aliphatic carbocycles. The molecule has 0 bridgehead atoms. The number of rotatable bonds is 6. The third kappa shape index (κ3) is 4.34. The van der Waals surface area contributed by atoms with Gasteiger partial charge >= 0.3 is 0 Å².